The molecule has 0 fully saturated rings. The highest BCUT2D eigenvalue weighted by atomic mass is 16.5. The van der Waals surface area contributed by atoms with Gasteiger partial charge in [0, 0.05) is 13.0 Å². The standard InChI is InChI=1S/C17H33N7O10/c18-12(27)5-9(14(19)29)23-17(32)24-11(7-26)16(31)21-1-2-33-3-4-34-8-13(28)22-10(6-25)15(20)30/h9-12,25-27H,1-8,18H2,(H2,19,29)(H2,20,30)(H,21,31)(H,22,28)(H2,23,24,32)/t9-,10+,11-,12?/m1/s1. The number of aliphatic hydroxyl groups excluding tert-OH is 3. The van der Waals surface area contributed by atoms with Crippen LogP contribution in [-0.4, -0.2) is 116 Å². The van der Waals surface area contributed by atoms with E-state index in [1.165, 1.54) is 0 Å². The molecule has 6 amide bonds. The highest BCUT2D eigenvalue weighted by Gasteiger charge is 2.24. The molecule has 1 unspecified atom stereocenters. The Labute approximate surface area is 194 Å². The van der Waals surface area contributed by atoms with Crippen LogP contribution in [0.2, 0.25) is 0 Å². The van der Waals surface area contributed by atoms with Gasteiger partial charge in [0.2, 0.25) is 23.6 Å². The van der Waals surface area contributed by atoms with Gasteiger partial charge in [0.05, 0.1) is 33.0 Å². The molecule has 0 heterocycles. The summed E-state index contributed by atoms with van der Waals surface area (Å²) in [5, 5.41) is 36.1. The van der Waals surface area contributed by atoms with Crippen LogP contribution >= 0.6 is 0 Å². The second-order valence-corrected chi connectivity index (χ2v) is 6.77. The number of hydrogen-bond donors (Lipinski definition) is 10. The van der Waals surface area contributed by atoms with Crippen molar-refractivity contribution in [2.24, 2.45) is 17.2 Å². The van der Waals surface area contributed by atoms with Gasteiger partial charge in [-0.15, -0.1) is 0 Å². The van der Waals surface area contributed by atoms with E-state index in [9.17, 15) is 29.1 Å². The molecule has 0 aromatic heterocycles. The fraction of sp³-hybridized carbons (Fsp3) is 0.706. The van der Waals surface area contributed by atoms with Gasteiger partial charge < -0.3 is 63.3 Å². The molecule has 0 saturated carbocycles. The third-order valence-corrected chi connectivity index (χ3v) is 3.94. The Bertz CT molecular complexity index is 679. The maximum absolute atomic E-state index is 12.0. The molecule has 0 bridgehead atoms. The number of amides is 6. The molecule has 0 saturated heterocycles. The summed E-state index contributed by atoms with van der Waals surface area (Å²) in [4.78, 5) is 57.6. The molecule has 34 heavy (non-hydrogen) atoms. The summed E-state index contributed by atoms with van der Waals surface area (Å²) in [6.45, 7) is -1.65. The molecule has 13 N–H and O–H groups in total. The first kappa shape index (κ1) is 30.9. The summed E-state index contributed by atoms with van der Waals surface area (Å²) in [7, 11) is 0. The Kier molecular flexibility index (Phi) is 15.8. The van der Waals surface area contributed by atoms with Gasteiger partial charge >= 0.3 is 6.03 Å². The number of urea groups is 1. The molecule has 0 aromatic rings. The van der Waals surface area contributed by atoms with Crippen LogP contribution in [0.15, 0.2) is 0 Å². The molecule has 0 aromatic carbocycles. The van der Waals surface area contributed by atoms with Crippen molar-refractivity contribution in [3.63, 3.8) is 0 Å². The maximum atomic E-state index is 12.0. The van der Waals surface area contributed by atoms with Crippen molar-refractivity contribution in [1.82, 2.24) is 21.3 Å². The van der Waals surface area contributed by atoms with Gasteiger partial charge in [-0.25, -0.2) is 4.79 Å². The lowest BCUT2D eigenvalue weighted by Crippen LogP contribution is -2.56. The Balaban J connectivity index is 4.09. The summed E-state index contributed by atoms with van der Waals surface area (Å²) >= 11 is 0. The third-order valence-electron chi connectivity index (χ3n) is 3.94. The number of nitrogens with two attached hydrogens (primary N) is 3. The van der Waals surface area contributed by atoms with Crippen LogP contribution in [0, 0.1) is 0 Å². The zero-order valence-electron chi connectivity index (χ0n) is 18.4. The minimum atomic E-state index is -1.40. The largest absolute Gasteiger partial charge is 0.394 e. The molecule has 17 nitrogen and oxygen atoms in total. The second kappa shape index (κ2) is 17.4. The predicted molar refractivity (Wildman–Crippen MR) is 113 cm³/mol. The fourth-order valence-corrected chi connectivity index (χ4v) is 2.24. The zero-order valence-corrected chi connectivity index (χ0v) is 18.4. The Morgan fingerprint density at radius 3 is 1.88 bits per heavy atom. The average Bonchev–Trinajstić information content (AvgIpc) is 2.76. The normalized spacial score (nSPS) is 14.2. The zero-order chi connectivity index (χ0) is 26.1. The van der Waals surface area contributed by atoms with Gasteiger partial charge in [0.15, 0.2) is 0 Å². The molecule has 196 valence electrons. The number of primary amides is 2. The Morgan fingerprint density at radius 1 is 0.794 bits per heavy atom. The Morgan fingerprint density at radius 2 is 1.35 bits per heavy atom. The average molecular weight is 495 g/mol. The van der Waals surface area contributed by atoms with Gasteiger partial charge in [-0.3, -0.25) is 19.2 Å². The van der Waals surface area contributed by atoms with E-state index < -0.39 is 73.8 Å². The van der Waals surface area contributed by atoms with Crippen molar-refractivity contribution in [1.29, 1.82) is 0 Å². The number of hydrogen-bond acceptors (Lipinski definition) is 11. The lowest BCUT2D eigenvalue weighted by molar-refractivity contribution is -0.131. The lowest BCUT2D eigenvalue weighted by atomic mass is 10.2. The van der Waals surface area contributed by atoms with Crippen LogP contribution in [0.3, 0.4) is 0 Å². The summed E-state index contributed by atoms with van der Waals surface area (Å²) in [6.07, 6.45) is -1.75. The van der Waals surface area contributed by atoms with Crippen LogP contribution in [0.5, 0.6) is 0 Å². The van der Waals surface area contributed by atoms with Gasteiger partial charge in [-0.1, -0.05) is 0 Å². The van der Waals surface area contributed by atoms with Crippen molar-refractivity contribution in [2.75, 3.05) is 46.2 Å². The molecule has 4 atom stereocenters. The smallest absolute Gasteiger partial charge is 0.316 e. The molecule has 0 aliphatic heterocycles. The highest BCUT2D eigenvalue weighted by molar-refractivity contribution is 5.90. The van der Waals surface area contributed by atoms with Gasteiger partial charge in [0.1, 0.15) is 31.0 Å². The minimum Gasteiger partial charge on any atom is -0.394 e. The van der Waals surface area contributed by atoms with Crippen molar-refractivity contribution in [3.05, 3.63) is 0 Å². The predicted octanol–water partition coefficient (Wildman–Crippen LogP) is -6.72. The summed E-state index contributed by atoms with van der Waals surface area (Å²) in [6, 6.07) is -4.83. The van der Waals surface area contributed by atoms with Gasteiger partial charge in [0.25, 0.3) is 0 Å². The van der Waals surface area contributed by atoms with Crippen LogP contribution < -0.4 is 38.5 Å². The first-order chi connectivity index (χ1) is 16.0. The second-order valence-electron chi connectivity index (χ2n) is 6.77. The highest BCUT2D eigenvalue weighted by Crippen LogP contribution is 1.94. The molecular formula is C17H33N7O10. The van der Waals surface area contributed by atoms with E-state index in [1.54, 1.807) is 0 Å². The van der Waals surface area contributed by atoms with E-state index in [1.807, 2.05) is 0 Å². The van der Waals surface area contributed by atoms with E-state index in [2.05, 4.69) is 21.3 Å². The quantitative estimate of drug-likeness (QED) is 0.0629. The lowest BCUT2D eigenvalue weighted by Gasteiger charge is -2.20. The first-order valence-electron chi connectivity index (χ1n) is 10.0. The number of aliphatic hydroxyl groups is 3. The summed E-state index contributed by atoms with van der Waals surface area (Å²) < 4.78 is 10.2. The van der Waals surface area contributed by atoms with Crippen LogP contribution in [0.25, 0.3) is 0 Å². The number of rotatable bonds is 18. The molecule has 0 aliphatic carbocycles. The molecule has 0 radical (unpaired) electrons. The van der Waals surface area contributed by atoms with Crippen LogP contribution in [0.4, 0.5) is 4.79 Å². The number of carbonyl (C=O) groups is 5. The van der Waals surface area contributed by atoms with Crippen molar-refractivity contribution in [3.8, 4) is 0 Å². The van der Waals surface area contributed by atoms with E-state index in [0.717, 1.165) is 0 Å². The van der Waals surface area contributed by atoms with Crippen molar-refractivity contribution >= 4 is 29.7 Å². The van der Waals surface area contributed by atoms with Gasteiger partial charge in [-0.05, 0) is 0 Å². The number of carbonyl (C=O) groups excluding carboxylic acids is 5. The van der Waals surface area contributed by atoms with Crippen molar-refractivity contribution < 1.29 is 48.8 Å². The minimum absolute atomic E-state index is 0.0131. The Hall–Kier alpha value is -3.09. The van der Waals surface area contributed by atoms with E-state index in [0.29, 0.717) is 0 Å². The van der Waals surface area contributed by atoms with E-state index in [-0.39, 0.29) is 32.8 Å². The molecule has 0 rings (SSSR count). The first-order valence-corrected chi connectivity index (χ1v) is 10.0. The SMILES string of the molecule is NC(=O)[C@H](CO)NC(=O)COCCOCCNC(=O)[C@@H](CO)NC(=O)N[C@H](CC(N)O)C(N)=O. The van der Waals surface area contributed by atoms with Crippen LogP contribution in [-0.2, 0) is 28.7 Å². The topological polar surface area (TPSA) is 291 Å². The van der Waals surface area contributed by atoms with Crippen molar-refractivity contribution in [2.45, 2.75) is 30.8 Å². The number of nitrogens with one attached hydrogen (secondary N) is 4. The summed E-state index contributed by atoms with van der Waals surface area (Å²) in [5.74, 6) is -3.23. The summed E-state index contributed by atoms with van der Waals surface area (Å²) in [5.41, 5.74) is 15.2. The molecule has 0 spiro atoms. The third kappa shape index (κ3) is 14.1. The molecule has 0 aliphatic rings. The molecule has 17 heteroatoms. The van der Waals surface area contributed by atoms with Gasteiger partial charge in [-0.2, -0.15) is 0 Å². The molecular weight excluding hydrogens is 462 g/mol. The van der Waals surface area contributed by atoms with Crippen LogP contribution in [0.1, 0.15) is 6.42 Å². The fourth-order valence-electron chi connectivity index (χ4n) is 2.24. The monoisotopic (exact) mass is 495 g/mol. The number of ether oxygens (including phenoxy) is 2. The van der Waals surface area contributed by atoms with E-state index in [4.69, 9.17) is 36.9 Å². The van der Waals surface area contributed by atoms with E-state index >= 15 is 0 Å². The maximum Gasteiger partial charge on any atom is 0.316 e.